The van der Waals surface area contributed by atoms with Crippen molar-refractivity contribution in [2.75, 3.05) is 0 Å². The Kier molecular flexibility index (Phi) is 2.04. The molecule has 1 fully saturated rings. The van der Waals surface area contributed by atoms with Gasteiger partial charge in [0.15, 0.2) is 0 Å². The highest BCUT2D eigenvalue weighted by Crippen LogP contribution is 2.35. The minimum atomic E-state index is -1.24. The molecule has 0 aromatic carbocycles. The molecule has 2 aromatic rings. The van der Waals surface area contributed by atoms with Gasteiger partial charge in [-0.1, -0.05) is 6.42 Å². The van der Waals surface area contributed by atoms with Gasteiger partial charge in [0, 0.05) is 17.8 Å². The van der Waals surface area contributed by atoms with Gasteiger partial charge in [0.25, 0.3) is 5.56 Å². The van der Waals surface area contributed by atoms with Crippen molar-refractivity contribution in [3.63, 3.8) is 0 Å². The lowest BCUT2D eigenvalue weighted by molar-refractivity contribution is 0.0694. The van der Waals surface area contributed by atoms with Crippen molar-refractivity contribution in [1.82, 2.24) is 14.4 Å². The SMILES string of the molecule is O=C(O)c1cnc2[nH]cc(C3CCC3)n2c1=O. The third-order valence-corrected chi connectivity index (χ3v) is 3.32. The van der Waals surface area contributed by atoms with Crippen LogP contribution in [0.1, 0.15) is 41.2 Å². The number of aromatic amines is 1. The Hall–Kier alpha value is -2.11. The Balaban J connectivity index is 2.28. The normalized spacial score (nSPS) is 16.0. The largest absolute Gasteiger partial charge is 0.477 e. The number of hydrogen-bond donors (Lipinski definition) is 2. The maximum Gasteiger partial charge on any atom is 0.342 e. The second-order valence-electron chi connectivity index (χ2n) is 4.28. The third-order valence-electron chi connectivity index (χ3n) is 3.32. The Morgan fingerprint density at radius 3 is 2.88 bits per heavy atom. The predicted octanol–water partition coefficient (Wildman–Crippen LogP) is 0.988. The average molecular weight is 233 g/mol. The van der Waals surface area contributed by atoms with Gasteiger partial charge in [-0.05, 0) is 12.8 Å². The van der Waals surface area contributed by atoms with Crippen LogP contribution in [0.3, 0.4) is 0 Å². The zero-order chi connectivity index (χ0) is 12.0. The molecule has 6 heteroatoms. The van der Waals surface area contributed by atoms with Crippen molar-refractivity contribution in [1.29, 1.82) is 0 Å². The lowest BCUT2D eigenvalue weighted by Crippen LogP contribution is -2.25. The number of aromatic nitrogens is 3. The fourth-order valence-corrected chi connectivity index (χ4v) is 2.15. The quantitative estimate of drug-likeness (QED) is 0.809. The summed E-state index contributed by atoms with van der Waals surface area (Å²) in [6.45, 7) is 0. The lowest BCUT2D eigenvalue weighted by atomic mass is 9.83. The molecule has 0 spiro atoms. The number of imidazole rings is 1. The van der Waals surface area contributed by atoms with Crippen LogP contribution in [0.4, 0.5) is 0 Å². The van der Waals surface area contributed by atoms with Crippen LogP contribution in [0.25, 0.3) is 5.78 Å². The summed E-state index contributed by atoms with van der Waals surface area (Å²) < 4.78 is 1.38. The Bertz CT molecular complexity index is 652. The molecular weight excluding hydrogens is 222 g/mol. The molecule has 0 saturated heterocycles. The second kappa shape index (κ2) is 3.44. The molecule has 0 radical (unpaired) electrons. The van der Waals surface area contributed by atoms with E-state index in [1.165, 1.54) is 4.40 Å². The highest BCUT2D eigenvalue weighted by atomic mass is 16.4. The summed E-state index contributed by atoms with van der Waals surface area (Å²) in [4.78, 5) is 29.8. The van der Waals surface area contributed by atoms with Crippen LogP contribution < -0.4 is 5.56 Å². The molecule has 88 valence electrons. The zero-order valence-electron chi connectivity index (χ0n) is 9.01. The molecule has 0 atom stereocenters. The Morgan fingerprint density at radius 1 is 1.53 bits per heavy atom. The fraction of sp³-hybridized carbons (Fsp3) is 0.364. The first-order chi connectivity index (χ1) is 8.18. The van der Waals surface area contributed by atoms with E-state index in [1.807, 2.05) is 0 Å². The van der Waals surface area contributed by atoms with Gasteiger partial charge in [0.05, 0.1) is 6.20 Å². The number of rotatable bonds is 2. The van der Waals surface area contributed by atoms with Crippen molar-refractivity contribution in [3.8, 4) is 0 Å². The Morgan fingerprint density at radius 2 is 2.29 bits per heavy atom. The maximum absolute atomic E-state index is 12.0. The molecule has 2 N–H and O–H groups in total. The molecule has 2 aromatic heterocycles. The van der Waals surface area contributed by atoms with E-state index in [4.69, 9.17) is 5.11 Å². The first kappa shape index (κ1) is 10.1. The molecule has 0 bridgehead atoms. The fourth-order valence-electron chi connectivity index (χ4n) is 2.15. The Labute approximate surface area is 95.9 Å². The summed E-state index contributed by atoms with van der Waals surface area (Å²) in [6, 6.07) is 0. The zero-order valence-corrected chi connectivity index (χ0v) is 9.01. The van der Waals surface area contributed by atoms with Crippen LogP contribution >= 0.6 is 0 Å². The molecule has 2 heterocycles. The maximum atomic E-state index is 12.0. The van der Waals surface area contributed by atoms with Crippen LogP contribution in [-0.4, -0.2) is 25.4 Å². The molecule has 1 aliphatic carbocycles. The summed E-state index contributed by atoms with van der Waals surface area (Å²) in [5.74, 6) is -0.494. The summed E-state index contributed by atoms with van der Waals surface area (Å²) in [5.41, 5.74) is 0.0418. The first-order valence-electron chi connectivity index (χ1n) is 5.51. The van der Waals surface area contributed by atoms with Gasteiger partial charge in [-0.25, -0.2) is 14.2 Å². The molecule has 17 heavy (non-hydrogen) atoms. The van der Waals surface area contributed by atoms with E-state index in [2.05, 4.69) is 9.97 Å². The molecule has 3 rings (SSSR count). The van der Waals surface area contributed by atoms with Crippen molar-refractivity contribution in [3.05, 3.63) is 34.0 Å². The minimum absolute atomic E-state index is 0.289. The monoisotopic (exact) mass is 233 g/mol. The summed E-state index contributed by atoms with van der Waals surface area (Å²) in [7, 11) is 0. The van der Waals surface area contributed by atoms with Gasteiger partial charge in [-0.3, -0.25) is 4.79 Å². The molecular formula is C11H11N3O3. The van der Waals surface area contributed by atoms with Crippen molar-refractivity contribution < 1.29 is 9.90 Å². The number of aromatic carboxylic acids is 1. The molecule has 0 amide bonds. The van der Waals surface area contributed by atoms with Crippen molar-refractivity contribution in [2.45, 2.75) is 25.2 Å². The van der Waals surface area contributed by atoms with Crippen LogP contribution in [0.15, 0.2) is 17.2 Å². The van der Waals surface area contributed by atoms with Gasteiger partial charge in [0.2, 0.25) is 5.78 Å². The van der Waals surface area contributed by atoms with Gasteiger partial charge in [-0.15, -0.1) is 0 Å². The second-order valence-corrected chi connectivity index (χ2v) is 4.28. The van der Waals surface area contributed by atoms with E-state index in [9.17, 15) is 9.59 Å². The van der Waals surface area contributed by atoms with Gasteiger partial charge < -0.3 is 10.1 Å². The van der Waals surface area contributed by atoms with Crippen molar-refractivity contribution in [2.24, 2.45) is 0 Å². The number of nitrogens with one attached hydrogen (secondary N) is 1. The van der Waals surface area contributed by atoms with Crippen LogP contribution in [-0.2, 0) is 0 Å². The standard InChI is InChI=1S/C11H11N3O3/c15-9-7(10(16)17)4-12-11-13-5-8(14(9)11)6-2-1-3-6/h4-6H,1-3H2,(H,12,13)(H,16,17). The number of carboxylic acid groups (broad SMARTS) is 1. The van der Waals surface area contributed by atoms with Gasteiger partial charge in [-0.2, -0.15) is 0 Å². The van der Waals surface area contributed by atoms with E-state index < -0.39 is 11.5 Å². The van der Waals surface area contributed by atoms with E-state index in [-0.39, 0.29) is 5.56 Å². The molecule has 6 nitrogen and oxygen atoms in total. The minimum Gasteiger partial charge on any atom is -0.477 e. The van der Waals surface area contributed by atoms with Crippen LogP contribution in [0.2, 0.25) is 0 Å². The summed E-state index contributed by atoms with van der Waals surface area (Å²) in [5, 5.41) is 8.90. The van der Waals surface area contributed by atoms with Gasteiger partial charge in [0.1, 0.15) is 5.56 Å². The predicted molar refractivity (Wildman–Crippen MR) is 59.4 cm³/mol. The van der Waals surface area contributed by atoms with E-state index in [0.29, 0.717) is 11.7 Å². The number of carbonyl (C=O) groups is 1. The van der Waals surface area contributed by atoms with Crippen LogP contribution in [0, 0.1) is 0 Å². The van der Waals surface area contributed by atoms with Gasteiger partial charge >= 0.3 is 5.97 Å². The highest BCUT2D eigenvalue weighted by Gasteiger charge is 2.24. The van der Waals surface area contributed by atoms with E-state index in [0.717, 1.165) is 31.2 Å². The topological polar surface area (TPSA) is 87.5 Å². The number of hydrogen-bond acceptors (Lipinski definition) is 3. The molecule has 0 unspecified atom stereocenters. The van der Waals surface area contributed by atoms with Crippen LogP contribution in [0.5, 0.6) is 0 Å². The molecule has 1 aliphatic rings. The smallest absolute Gasteiger partial charge is 0.342 e. The number of carboxylic acids is 1. The number of fused-ring (bicyclic) bond motifs is 1. The van der Waals surface area contributed by atoms with E-state index in [1.54, 1.807) is 6.20 Å². The number of nitrogens with zero attached hydrogens (tertiary/aromatic N) is 2. The van der Waals surface area contributed by atoms with E-state index >= 15 is 0 Å². The average Bonchev–Trinajstić information content (AvgIpc) is 2.60. The number of H-pyrrole nitrogens is 1. The highest BCUT2D eigenvalue weighted by molar-refractivity contribution is 5.86. The molecule has 0 aliphatic heterocycles. The summed E-state index contributed by atoms with van der Waals surface area (Å²) >= 11 is 0. The third kappa shape index (κ3) is 1.37. The van der Waals surface area contributed by atoms with Crippen molar-refractivity contribution >= 4 is 11.7 Å². The first-order valence-corrected chi connectivity index (χ1v) is 5.51. The summed E-state index contributed by atoms with van der Waals surface area (Å²) in [6.07, 6.45) is 6.08. The molecule has 1 saturated carbocycles. The lowest BCUT2D eigenvalue weighted by Gasteiger charge is -2.24.